The lowest BCUT2D eigenvalue weighted by Crippen LogP contribution is -2.43. The Hall–Kier alpha value is -0.610. The van der Waals surface area contributed by atoms with E-state index in [0.29, 0.717) is 6.54 Å². The van der Waals surface area contributed by atoms with Gasteiger partial charge in [-0.05, 0) is 26.3 Å². The van der Waals surface area contributed by atoms with Crippen molar-refractivity contribution in [2.24, 2.45) is 0 Å². The van der Waals surface area contributed by atoms with Crippen LogP contribution in [0.2, 0.25) is 0 Å². The number of carbonyl (C=O) groups excluding carboxylic acids is 1. The second kappa shape index (κ2) is 6.53. The van der Waals surface area contributed by atoms with Crippen LogP contribution in [0.5, 0.6) is 0 Å². The fourth-order valence-electron chi connectivity index (χ4n) is 3.20. The zero-order chi connectivity index (χ0) is 13.0. The van der Waals surface area contributed by atoms with E-state index in [-0.39, 0.29) is 12.1 Å². The lowest BCUT2D eigenvalue weighted by Gasteiger charge is -2.29. The van der Waals surface area contributed by atoms with Crippen molar-refractivity contribution < 1.29 is 4.79 Å². The van der Waals surface area contributed by atoms with Gasteiger partial charge in [-0.3, -0.25) is 10.1 Å². The molecule has 2 rings (SSSR count). The highest BCUT2D eigenvalue weighted by Gasteiger charge is 2.30. The average Bonchev–Trinajstić information content (AvgIpc) is 2.98. The number of nitrogens with one attached hydrogen (secondary N) is 1. The third-order valence-corrected chi connectivity index (χ3v) is 4.39. The molecule has 2 fully saturated rings. The zero-order valence-corrected chi connectivity index (χ0v) is 11.8. The summed E-state index contributed by atoms with van der Waals surface area (Å²) < 4.78 is 0. The molecule has 1 amide bonds. The van der Waals surface area contributed by atoms with Gasteiger partial charge in [0.05, 0.1) is 12.7 Å². The molecule has 1 saturated carbocycles. The molecule has 1 saturated heterocycles. The first-order valence-electron chi connectivity index (χ1n) is 7.45. The van der Waals surface area contributed by atoms with Gasteiger partial charge in [-0.25, -0.2) is 0 Å². The largest absolute Gasteiger partial charge is 0.325 e. The van der Waals surface area contributed by atoms with Crippen LogP contribution in [0.25, 0.3) is 0 Å². The van der Waals surface area contributed by atoms with Crippen LogP contribution < -0.4 is 5.32 Å². The van der Waals surface area contributed by atoms with Crippen LogP contribution in [0.4, 0.5) is 0 Å². The third-order valence-electron chi connectivity index (χ3n) is 4.39. The minimum absolute atomic E-state index is 0.272. The van der Waals surface area contributed by atoms with Gasteiger partial charge in [0.15, 0.2) is 0 Å². The number of carbonyl (C=O) groups is 1. The van der Waals surface area contributed by atoms with E-state index in [4.69, 9.17) is 0 Å². The molecule has 0 aromatic rings. The second-order valence-electron chi connectivity index (χ2n) is 5.69. The van der Waals surface area contributed by atoms with Crippen molar-refractivity contribution in [2.75, 3.05) is 26.7 Å². The maximum absolute atomic E-state index is 11.8. The van der Waals surface area contributed by atoms with Crippen LogP contribution in [0.15, 0.2) is 0 Å². The summed E-state index contributed by atoms with van der Waals surface area (Å²) in [4.78, 5) is 16.3. The van der Waals surface area contributed by atoms with Gasteiger partial charge in [-0.1, -0.05) is 26.2 Å². The fourth-order valence-corrected chi connectivity index (χ4v) is 3.20. The summed E-state index contributed by atoms with van der Waals surface area (Å²) in [5.41, 5.74) is 0. The zero-order valence-electron chi connectivity index (χ0n) is 11.8. The van der Waals surface area contributed by atoms with E-state index in [1.165, 1.54) is 25.7 Å². The topological polar surface area (TPSA) is 35.6 Å². The quantitative estimate of drug-likeness (QED) is 0.777. The van der Waals surface area contributed by atoms with Crippen molar-refractivity contribution in [3.8, 4) is 0 Å². The van der Waals surface area contributed by atoms with E-state index in [0.717, 1.165) is 32.0 Å². The Morgan fingerprint density at radius 1 is 1.39 bits per heavy atom. The van der Waals surface area contributed by atoms with Crippen LogP contribution in [0.3, 0.4) is 0 Å². The number of rotatable bonds is 6. The summed E-state index contributed by atoms with van der Waals surface area (Å²) in [5, 5.41) is 3.31. The van der Waals surface area contributed by atoms with Crippen LogP contribution in [0.1, 0.15) is 45.4 Å². The first-order chi connectivity index (χ1) is 8.72. The molecular formula is C14H27N3O. The molecule has 1 N–H and O–H groups in total. The van der Waals surface area contributed by atoms with Gasteiger partial charge >= 0.3 is 0 Å². The molecule has 0 radical (unpaired) electrons. The Morgan fingerprint density at radius 2 is 2.11 bits per heavy atom. The van der Waals surface area contributed by atoms with Gasteiger partial charge in [-0.2, -0.15) is 0 Å². The van der Waals surface area contributed by atoms with Crippen LogP contribution in [0, 0.1) is 0 Å². The maximum Gasteiger partial charge on any atom is 0.237 e. The van der Waals surface area contributed by atoms with Gasteiger partial charge in [-0.15, -0.1) is 0 Å². The van der Waals surface area contributed by atoms with Crippen LogP contribution in [-0.4, -0.2) is 54.6 Å². The molecule has 1 aliphatic heterocycles. The van der Waals surface area contributed by atoms with E-state index >= 15 is 0 Å². The minimum Gasteiger partial charge on any atom is -0.325 e. The summed E-state index contributed by atoms with van der Waals surface area (Å²) in [5.74, 6) is 0.272. The molecule has 0 aromatic heterocycles. The van der Waals surface area contributed by atoms with Crippen LogP contribution >= 0.6 is 0 Å². The molecule has 1 aliphatic carbocycles. The summed E-state index contributed by atoms with van der Waals surface area (Å²) in [6.07, 6.45) is 7.88. The van der Waals surface area contributed by atoms with Crippen molar-refractivity contribution in [1.29, 1.82) is 0 Å². The Morgan fingerprint density at radius 3 is 2.78 bits per heavy atom. The van der Waals surface area contributed by atoms with Gasteiger partial charge in [0.25, 0.3) is 0 Å². The molecule has 0 aromatic carbocycles. The normalized spacial score (nSPS) is 25.6. The molecule has 1 heterocycles. The van der Waals surface area contributed by atoms with Crippen molar-refractivity contribution >= 4 is 5.91 Å². The Kier molecular flexibility index (Phi) is 5.01. The number of likely N-dealkylation sites (N-methyl/N-ethyl adjacent to an activating group) is 1. The third kappa shape index (κ3) is 3.23. The summed E-state index contributed by atoms with van der Waals surface area (Å²) in [6.45, 7) is 4.59. The molecule has 0 spiro atoms. The van der Waals surface area contributed by atoms with E-state index in [2.05, 4.69) is 24.2 Å². The molecule has 1 unspecified atom stereocenters. The average molecular weight is 253 g/mol. The lowest BCUT2D eigenvalue weighted by molar-refractivity contribution is -0.128. The molecule has 0 bridgehead atoms. The van der Waals surface area contributed by atoms with E-state index in [1.54, 1.807) is 0 Å². The molecule has 4 heteroatoms. The first kappa shape index (κ1) is 13.8. The van der Waals surface area contributed by atoms with Gasteiger partial charge in [0.2, 0.25) is 5.91 Å². The Balaban J connectivity index is 1.78. The molecule has 4 nitrogen and oxygen atoms in total. The highest BCUT2D eigenvalue weighted by molar-refractivity contribution is 5.80. The highest BCUT2D eigenvalue weighted by Crippen LogP contribution is 2.22. The monoisotopic (exact) mass is 253 g/mol. The summed E-state index contributed by atoms with van der Waals surface area (Å²) in [7, 11) is 2.21. The molecule has 104 valence electrons. The van der Waals surface area contributed by atoms with Crippen molar-refractivity contribution in [3.63, 3.8) is 0 Å². The predicted molar refractivity (Wildman–Crippen MR) is 73.3 cm³/mol. The molecule has 18 heavy (non-hydrogen) atoms. The first-order valence-corrected chi connectivity index (χ1v) is 7.45. The SMILES string of the molecule is CCCC1NCC(=O)N1CCN(C)C1CCCC1. The van der Waals surface area contributed by atoms with Crippen molar-refractivity contribution in [2.45, 2.75) is 57.7 Å². The molecule has 1 atom stereocenters. The van der Waals surface area contributed by atoms with E-state index in [9.17, 15) is 4.79 Å². The molecule has 2 aliphatic rings. The van der Waals surface area contributed by atoms with Gasteiger partial charge in [0, 0.05) is 19.1 Å². The number of hydrogen-bond acceptors (Lipinski definition) is 3. The number of hydrogen-bond donors (Lipinski definition) is 1. The Labute approximate surface area is 111 Å². The van der Waals surface area contributed by atoms with E-state index in [1.807, 2.05) is 4.90 Å². The van der Waals surface area contributed by atoms with Crippen LogP contribution in [-0.2, 0) is 4.79 Å². The number of amides is 1. The second-order valence-corrected chi connectivity index (χ2v) is 5.69. The van der Waals surface area contributed by atoms with Gasteiger partial charge < -0.3 is 9.80 Å². The highest BCUT2D eigenvalue weighted by atomic mass is 16.2. The van der Waals surface area contributed by atoms with Gasteiger partial charge in [0.1, 0.15) is 0 Å². The van der Waals surface area contributed by atoms with Crippen molar-refractivity contribution in [1.82, 2.24) is 15.1 Å². The predicted octanol–water partition coefficient (Wildman–Crippen LogP) is 1.42. The lowest BCUT2D eigenvalue weighted by atomic mass is 10.2. The molecular weight excluding hydrogens is 226 g/mol. The minimum atomic E-state index is 0.272. The summed E-state index contributed by atoms with van der Waals surface area (Å²) in [6, 6.07) is 0.750. The maximum atomic E-state index is 11.8. The van der Waals surface area contributed by atoms with E-state index < -0.39 is 0 Å². The summed E-state index contributed by atoms with van der Waals surface area (Å²) >= 11 is 0. The Bertz CT molecular complexity index is 276. The fraction of sp³-hybridized carbons (Fsp3) is 0.929. The van der Waals surface area contributed by atoms with Crippen molar-refractivity contribution in [3.05, 3.63) is 0 Å². The number of nitrogens with zero attached hydrogens (tertiary/aromatic N) is 2. The standard InChI is InChI=1S/C14H27N3O/c1-3-6-13-15-11-14(18)17(13)10-9-16(2)12-7-4-5-8-12/h12-13,15H,3-11H2,1-2H3. The smallest absolute Gasteiger partial charge is 0.237 e.